The SMILES string of the molecule is Cc1nc(N2CCNCC2)c2oc3ccccc3c2n1. The van der Waals surface area contributed by atoms with Crippen molar-refractivity contribution in [3.8, 4) is 0 Å². The average molecular weight is 268 g/mol. The van der Waals surface area contributed by atoms with Crippen LogP contribution in [0.2, 0.25) is 0 Å². The van der Waals surface area contributed by atoms with Gasteiger partial charge in [0.25, 0.3) is 0 Å². The number of hydrogen-bond acceptors (Lipinski definition) is 5. The number of nitrogens with zero attached hydrogens (tertiary/aromatic N) is 3. The molecule has 5 heteroatoms. The van der Waals surface area contributed by atoms with Crippen LogP contribution in [0.15, 0.2) is 28.7 Å². The number of furan rings is 1. The minimum atomic E-state index is 0.789. The number of aryl methyl sites for hydroxylation is 1. The van der Waals surface area contributed by atoms with E-state index >= 15 is 0 Å². The summed E-state index contributed by atoms with van der Waals surface area (Å²) < 4.78 is 6.00. The molecule has 1 aliphatic heterocycles. The molecule has 102 valence electrons. The van der Waals surface area contributed by atoms with Gasteiger partial charge in [-0.25, -0.2) is 9.97 Å². The van der Waals surface area contributed by atoms with Gasteiger partial charge in [0.1, 0.15) is 16.9 Å². The maximum Gasteiger partial charge on any atom is 0.196 e. The summed E-state index contributed by atoms with van der Waals surface area (Å²) in [6.07, 6.45) is 0. The molecule has 0 radical (unpaired) electrons. The van der Waals surface area contributed by atoms with E-state index in [9.17, 15) is 0 Å². The van der Waals surface area contributed by atoms with E-state index < -0.39 is 0 Å². The van der Waals surface area contributed by atoms with Gasteiger partial charge >= 0.3 is 0 Å². The summed E-state index contributed by atoms with van der Waals surface area (Å²) in [5.41, 5.74) is 2.60. The fourth-order valence-electron chi connectivity index (χ4n) is 2.78. The highest BCUT2D eigenvalue weighted by atomic mass is 16.3. The molecule has 5 nitrogen and oxygen atoms in total. The predicted octanol–water partition coefficient (Wildman–Crippen LogP) is 2.09. The van der Waals surface area contributed by atoms with Crippen LogP contribution in [0, 0.1) is 6.92 Å². The number of piperazine rings is 1. The zero-order valence-electron chi connectivity index (χ0n) is 11.4. The Morgan fingerprint density at radius 1 is 1.15 bits per heavy atom. The lowest BCUT2D eigenvalue weighted by molar-refractivity contribution is 0.579. The van der Waals surface area contributed by atoms with E-state index in [4.69, 9.17) is 4.42 Å². The third kappa shape index (κ3) is 1.74. The van der Waals surface area contributed by atoms with E-state index in [1.807, 2.05) is 25.1 Å². The fraction of sp³-hybridized carbons (Fsp3) is 0.333. The van der Waals surface area contributed by atoms with Gasteiger partial charge in [0.05, 0.1) is 0 Å². The molecule has 0 saturated carbocycles. The Labute approximate surface area is 116 Å². The first-order chi connectivity index (χ1) is 9.83. The Kier molecular flexibility index (Phi) is 2.60. The van der Waals surface area contributed by atoms with Crippen LogP contribution >= 0.6 is 0 Å². The Balaban J connectivity index is 1.99. The van der Waals surface area contributed by atoms with Crippen LogP contribution in [-0.4, -0.2) is 36.1 Å². The molecule has 3 heterocycles. The largest absolute Gasteiger partial charge is 0.450 e. The van der Waals surface area contributed by atoms with E-state index in [-0.39, 0.29) is 0 Å². The summed E-state index contributed by atoms with van der Waals surface area (Å²) in [7, 11) is 0. The van der Waals surface area contributed by atoms with E-state index in [0.29, 0.717) is 0 Å². The molecular formula is C15H16N4O. The molecule has 4 rings (SSSR count). The zero-order chi connectivity index (χ0) is 13.5. The second-order valence-electron chi connectivity index (χ2n) is 5.11. The molecule has 0 unspecified atom stereocenters. The molecular weight excluding hydrogens is 252 g/mol. The van der Waals surface area contributed by atoms with Crippen molar-refractivity contribution in [2.75, 3.05) is 31.1 Å². The molecule has 20 heavy (non-hydrogen) atoms. The van der Waals surface area contributed by atoms with Gasteiger partial charge in [0.2, 0.25) is 0 Å². The van der Waals surface area contributed by atoms with Crippen molar-refractivity contribution < 1.29 is 4.42 Å². The van der Waals surface area contributed by atoms with E-state index in [1.54, 1.807) is 0 Å². The molecule has 2 aromatic heterocycles. The number of fused-ring (bicyclic) bond motifs is 3. The summed E-state index contributed by atoms with van der Waals surface area (Å²) in [5, 5.41) is 4.42. The summed E-state index contributed by atoms with van der Waals surface area (Å²) in [5.74, 6) is 1.71. The normalized spacial score (nSPS) is 16.1. The summed E-state index contributed by atoms with van der Waals surface area (Å²) in [4.78, 5) is 11.5. The van der Waals surface area contributed by atoms with Crippen LogP contribution in [0.5, 0.6) is 0 Å². The lowest BCUT2D eigenvalue weighted by Gasteiger charge is -2.28. The highest BCUT2D eigenvalue weighted by molar-refractivity contribution is 6.05. The van der Waals surface area contributed by atoms with Crippen LogP contribution in [0.25, 0.3) is 22.1 Å². The molecule has 0 spiro atoms. The Hall–Kier alpha value is -2.14. The van der Waals surface area contributed by atoms with Crippen molar-refractivity contribution >= 4 is 27.9 Å². The third-order valence-electron chi connectivity index (χ3n) is 3.73. The van der Waals surface area contributed by atoms with Gasteiger partial charge in [-0.05, 0) is 19.1 Å². The van der Waals surface area contributed by atoms with Gasteiger partial charge in [-0.3, -0.25) is 0 Å². The summed E-state index contributed by atoms with van der Waals surface area (Å²) in [6, 6.07) is 8.03. The van der Waals surface area contributed by atoms with Crippen molar-refractivity contribution in [2.24, 2.45) is 0 Å². The average Bonchev–Trinajstić information content (AvgIpc) is 2.86. The minimum Gasteiger partial charge on any atom is -0.450 e. The van der Waals surface area contributed by atoms with Crippen LogP contribution in [0.3, 0.4) is 0 Å². The molecule has 1 N–H and O–H groups in total. The van der Waals surface area contributed by atoms with Gasteiger partial charge in [-0.1, -0.05) is 12.1 Å². The number of para-hydroxylation sites is 1. The Morgan fingerprint density at radius 2 is 1.95 bits per heavy atom. The molecule has 0 bridgehead atoms. The van der Waals surface area contributed by atoms with E-state index in [1.165, 1.54) is 0 Å². The molecule has 1 aliphatic rings. The molecule has 1 aromatic carbocycles. The van der Waals surface area contributed by atoms with Gasteiger partial charge < -0.3 is 14.6 Å². The van der Waals surface area contributed by atoms with Crippen LogP contribution in [0.1, 0.15) is 5.82 Å². The van der Waals surface area contributed by atoms with Gasteiger partial charge in [0.15, 0.2) is 11.4 Å². The monoisotopic (exact) mass is 268 g/mol. The second kappa shape index (κ2) is 4.45. The van der Waals surface area contributed by atoms with Crippen molar-refractivity contribution in [1.29, 1.82) is 0 Å². The number of aromatic nitrogens is 2. The highest BCUT2D eigenvalue weighted by Crippen LogP contribution is 2.32. The van der Waals surface area contributed by atoms with Crippen molar-refractivity contribution in [2.45, 2.75) is 6.92 Å². The number of rotatable bonds is 1. The van der Waals surface area contributed by atoms with E-state index in [2.05, 4.69) is 26.3 Å². The lowest BCUT2D eigenvalue weighted by atomic mass is 10.2. The summed E-state index contributed by atoms with van der Waals surface area (Å²) >= 11 is 0. The maximum atomic E-state index is 6.00. The zero-order valence-corrected chi connectivity index (χ0v) is 11.4. The molecule has 1 fully saturated rings. The number of nitrogens with one attached hydrogen (secondary N) is 1. The molecule has 1 saturated heterocycles. The number of anilines is 1. The number of benzene rings is 1. The van der Waals surface area contributed by atoms with E-state index in [0.717, 1.165) is 59.9 Å². The first-order valence-electron chi connectivity index (χ1n) is 6.94. The predicted molar refractivity (Wildman–Crippen MR) is 79.1 cm³/mol. The molecule has 3 aromatic rings. The number of hydrogen-bond donors (Lipinski definition) is 1. The second-order valence-corrected chi connectivity index (χ2v) is 5.11. The Morgan fingerprint density at radius 3 is 2.80 bits per heavy atom. The van der Waals surface area contributed by atoms with Crippen molar-refractivity contribution in [3.05, 3.63) is 30.1 Å². The Bertz CT molecular complexity index is 774. The van der Waals surface area contributed by atoms with Crippen molar-refractivity contribution in [3.63, 3.8) is 0 Å². The van der Waals surface area contributed by atoms with Crippen LogP contribution in [-0.2, 0) is 0 Å². The standard InChI is InChI=1S/C15H16N4O/c1-10-17-13-11-4-2-3-5-12(11)20-14(13)15(18-10)19-8-6-16-7-9-19/h2-5,16H,6-9H2,1H3. The van der Waals surface area contributed by atoms with Crippen LogP contribution in [0.4, 0.5) is 5.82 Å². The molecule has 0 aliphatic carbocycles. The highest BCUT2D eigenvalue weighted by Gasteiger charge is 2.20. The molecule has 0 amide bonds. The smallest absolute Gasteiger partial charge is 0.196 e. The topological polar surface area (TPSA) is 54.2 Å². The first kappa shape index (κ1) is 11.7. The van der Waals surface area contributed by atoms with Gasteiger partial charge in [-0.15, -0.1) is 0 Å². The quantitative estimate of drug-likeness (QED) is 0.732. The minimum absolute atomic E-state index is 0.789. The third-order valence-corrected chi connectivity index (χ3v) is 3.73. The van der Waals surface area contributed by atoms with Gasteiger partial charge in [-0.2, -0.15) is 0 Å². The fourth-order valence-corrected chi connectivity index (χ4v) is 2.78. The maximum absolute atomic E-state index is 6.00. The van der Waals surface area contributed by atoms with Crippen LogP contribution < -0.4 is 10.2 Å². The first-order valence-corrected chi connectivity index (χ1v) is 6.94. The summed E-state index contributed by atoms with van der Waals surface area (Å²) in [6.45, 7) is 5.79. The molecule has 0 atom stereocenters. The lowest BCUT2D eigenvalue weighted by Crippen LogP contribution is -2.44. The van der Waals surface area contributed by atoms with Crippen molar-refractivity contribution in [1.82, 2.24) is 15.3 Å². The van der Waals surface area contributed by atoms with Gasteiger partial charge in [0, 0.05) is 31.6 Å².